The summed E-state index contributed by atoms with van der Waals surface area (Å²) >= 11 is 0. The zero-order valence-electron chi connectivity index (χ0n) is 11.4. The molecule has 0 bridgehead atoms. The minimum absolute atomic E-state index is 0.128. The smallest absolute Gasteiger partial charge is 0.224 e. The normalized spacial score (nSPS) is 17.7. The highest BCUT2D eigenvalue weighted by Gasteiger charge is 2.31. The second-order valence-corrected chi connectivity index (χ2v) is 4.88. The van der Waals surface area contributed by atoms with Crippen molar-refractivity contribution in [1.82, 2.24) is 0 Å². The van der Waals surface area contributed by atoms with E-state index < -0.39 is 0 Å². The maximum atomic E-state index is 11.9. The lowest BCUT2D eigenvalue weighted by Gasteiger charge is -2.24. The molecule has 1 aliphatic heterocycles. The first-order valence-electron chi connectivity index (χ1n) is 6.64. The topological polar surface area (TPSA) is 29.5 Å². The predicted octanol–water partition coefficient (Wildman–Crippen LogP) is 3.16. The van der Waals surface area contributed by atoms with Crippen LogP contribution in [0.1, 0.15) is 38.7 Å². The van der Waals surface area contributed by atoms with E-state index in [4.69, 9.17) is 4.74 Å². The van der Waals surface area contributed by atoms with Gasteiger partial charge in [-0.15, -0.1) is 0 Å². The molecule has 0 aliphatic carbocycles. The van der Waals surface area contributed by atoms with Crippen molar-refractivity contribution in [3.8, 4) is 5.75 Å². The zero-order valence-corrected chi connectivity index (χ0v) is 11.4. The molecule has 0 saturated carbocycles. The highest BCUT2D eigenvalue weighted by molar-refractivity contribution is 5.94. The average molecular weight is 247 g/mol. The summed E-state index contributed by atoms with van der Waals surface area (Å²) in [6, 6.07) is 6.35. The van der Waals surface area contributed by atoms with Gasteiger partial charge in [-0.2, -0.15) is 0 Å². The summed E-state index contributed by atoms with van der Waals surface area (Å²) in [5.41, 5.74) is 2.29. The van der Waals surface area contributed by atoms with Gasteiger partial charge < -0.3 is 9.64 Å². The van der Waals surface area contributed by atoms with E-state index in [0.717, 1.165) is 24.3 Å². The molecule has 1 aromatic carbocycles. The van der Waals surface area contributed by atoms with Crippen LogP contribution in [0.3, 0.4) is 0 Å². The van der Waals surface area contributed by atoms with E-state index in [1.807, 2.05) is 17.0 Å². The highest BCUT2D eigenvalue weighted by atomic mass is 16.5. The number of anilines is 1. The molecule has 3 nitrogen and oxygen atoms in total. The van der Waals surface area contributed by atoms with Gasteiger partial charge in [-0.1, -0.05) is 25.8 Å². The van der Waals surface area contributed by atoms with Gasteiger partial charge in [0.25, 0.3) is 0 Å². The average Bonchev–Trinajstić information content (AvgIpc) is 2.73. The Hall–Kier alpha value is -1.51. The van der Waals surface area contributed by atoms with Gasteiger partial charge in [0.2, 0.25) is 5.91 Å². The number of fused-ring (bicyclic) bond motifs is 1. The zero-order chi connectivity index (χ0) is 13.1. The summed E-state index contributed by atoms with van der Waals surface area (Å²) in [4.78, 5) is 13.8. The van der Waals surface area contributed by atoms with Gasteiger partial charge in [-0.25, -0.2) is 0 Å². The van der Waals surface area contributed by atoms with Gasteiger partial charge in [-0.3, -0.25) is 4.79 Å². The standard InChI is InChI=1S/C15H21NO2/c1-4-5-6-13-9-12-7-8-14(18-3)10-15(12)16(13)11(2)17/h7-8,10,13H,4-6,9H2,1-3H3/t13-/m1/s1. The number of nitrogens with zero attached hydrogens (tertiary/aromatic N) is 1. The van der Waals surface area contributed by atoms with E-state index >= 15 is 0 Å². The maximum absolute atomic E-state index is 11.9. The molecule has 1 amide bonds. The van der Waals surface area contributed by atoms with Crippen molar-refractivity contribution in [2.24, 2.45) is 0 Å². The summed E-state index contributed by atoms with van der Waals surface area (Å²) in [5.74, 6) is 0.944. The molecule has 1 aromatic rings. The van der Waals surface area contributed by atoms with Crippen LogP contribution in [0.15, 0.2) is 18.2 Å². The van der Waals surface area contributed by atoms with Gasteiger partial charge in [0.05, 0.1) is 12.8 Å². The van der Waals surface area contributed by atoms with E-state index in [1.165, 1.54) is 18.4 Å². The third-order valence-electron chi connectivity index (χ3n) is 3.60. The number of hydrogen-bond acceptors (Lipinski definition) is 2. The number of rotatable bonds is 4. The Balaban J connectivity index is 2.29. The summed E-state index contributed by atoms with van der Waals surface area (Å²) in [5, 5.41) is 0. The lowest BCUT2D eigenvalue weighted by molar-refractivity contribution is -0.116. The van der Waals surface area contributed by atoms with Crippen molar-refractivity contribution >= 4 is 11.6 Å². The molecule has 0 radical (unpaired) electrons. The second kappa shape index (κ2) is 5.42. The molecule has 0 saturated heterocycles. The minimum atomic E-state index is 0.128. The SMILES string of the molecule is CCCC[C@@H]1Cc2ccc(OC)cc2N1C(C)=O. The molecule has 0 aromatic heterocycles. The lowest BCUT2D eigenvalue weighted by atomic mass is 10.0. The number of unbranched alkanes of at least 4 members (excludes halogenated alkanes) is 1. The van der Waals surface area contributed by atoms with E-state index in [0.29, 0.717) is 6.04 Å². The Morgan fingerprint density at radius 2 is 2.28 bits per heavy atom. The van der Waals surface area contributed by atoms with Crippen molar-refractivity contribution in [3.63, 3.8) is 0 Å². The molecule has 0 N–H and O–H groups in total. The number of ether oxygens (including phenoxy) is 1. The Bertz CT molecular complexity index is 442. The highest BCUT2D eigenvalue weighted by Crippen LogP contribution is 2.36. The first kappa shape index (κ1) is 12.9. The van der Waals surface area contributed by atoms with Crippen LogP contribution >= 0.6 is 0 Å². The Morgan fingerprint density at radius 1 is 1.50 bits per heavy atom. The monoisotopic (exact) mass is 247 g/mol. The fourth-order valence-electron chi connectivity index (χ4n) is 2.71. The van der Waals surface area contributed by atoms with Crippen LogP contribution < -0.4 is 9.64 Å². The number of carbonyl (C=O) groups excluding carboxylic acids is 1. The molecule has 1 aliphatic rings. The molecular formula is C15H21NO2. The molecule has 0 unspecified atom stereocenters. The van der Waals surface area contributed by atoms with Crippen LogP contribution in [-0.4, -0.2) is 19.1 Å². The van der Waals surface area contributed by atoms with Gasteiger partial charge in [0, 0.05) is 19.0 Å². The van der Waals surface area contributed by atoms with Crippen LogP contribution in [0.4, 0.5) is 5.69 Å². The number of amides is 1. The summed E-state index contributed by atoms with van der Waals surface area (Å²) in [6.07, 6.45) is 4.38. The van der Waals surface area contributed by atoms with Crippen LogP contribution in [0.2, 0.25) is 0 Å². The van der Waals surface area contributed by atoms with E-state index in [9.17, 15) is 4.79 Å². The molecule has 1 heterocycles. The van der Waals surface area contributed by atoms with Crippen LogP contribution in [-0.2, 0) is 11.2 Å². The van der Waals surface area contributed by atoms with Gasteiger partial charge >= 0.3 is 0 Å². The first-order chi connectivity index (χ1) is 8.67. The van der Waals surface area contributed by atoms with E-state index in [1.54, 1.807) is 14.0 Å². The first-order valence-corrected chi connectivity index (χ1v) is 6.64. The summed E-state index contributed by atoms with van der Waals surface area (Å²) in [7, 11) is 1.66. The van der Waals surface area contributed by atoms with Gasteiger partial charge in [-0.05, 0) is 24.5 Å². The van der Waals surface area contributed by atoms with E-state index in [2.05, 4.69) is 13.0 Å². The third kappa shape index (κ3) is 2.35. The number of hydrogen-bond donors (Lipinski definition) is 0. The van der Waals surface area contributed by atoms with Crippen LogP contribution in [0.5, 0.6) is 5.75 Å². The molecule has 98 valence electrons. The predicted molar refractivity (Wildman–Crippen MR) is 73.2 cm³/mol. The van der Waals surface area contributed by atoms with Crippen molar-refractivity contribution in [1.29, 1.82) is 0 Å². The van der Waals surface area contributed by atoms with Crippen LogP contribution in [0.25, 0.3) is 0 Å². The Labute approximate surface area is 109 Å². The Kier molecular flexibility index (Phi) is 3.90. The molecule has 2 rings (SSSR count). The number of carbonyl (C=O) groups is 1. The molecule has 1 atom stereocenters. The van der Waals surface area contributed by atoms with Gasteiger partial charge in [0.15, 0.2) is 0 Å². The fourth-order valence-corrected chi connectivity index (χ4v) is 2.71. The van der Waals surface area contributed by atoms with Crippen LogP contribution in [0, 0.1) is 0 Å². The molecule has 18 heavy (non-hydrogen) atoms. The maximum Gasteiger partial charge on any atom is 0.224 e. The molecule has 3 heteroatoms. The van der Waals surface area contributed by atoms with Crippen molar-refractivity contribution in [2.45, 2.75) is 45.6 Å². The largest absolute Gasteiger partial charge is 0.497 e. The summed E-state index contributed by atoms with van der Waals surface area (Å²) < 4.78 is 5.25. The lowest BCUT2D eigenvalue weighted by Crippen LogP contribution is -2.35. The second-order valence-electron chi connectivity index (χ2n) is 4.88. The van der Waals surface area contributed by atoms with Crippen molar-refractivity contribution in [3.05, 3.63) is 23.8 Å². The summed E-state index contributed by atoms with van der Waals surface area (Å²) in [6.45, 7) is 3.83. The van der Waals surface area contributed by atoms with Crippen molar-refractivity contribution in [2.75, 3.05) is 12.0 Å². The fraction of sp³-hybridized carbons (Fsp3) is 0.533. The minimum Gasteiger partial charge on any atom is -0.497 e. The molecule has 0 spiro atoms. The molecular weight excluding hydrogens is 226 g/mol. The van der Waals surface area contributed by atoms with Gasteiger partial charge in [0.1, 0.15) is 5.75 Å². The quantitative estimate of drug-likeness (QED) is 0.818. The van der Waals surface area contributed by atoms with Crippen molar-refractivity contribution < 1.29 is 9.53 Å². The Morgan fingerprint density at radius 3 is 2.89 bits per heavy atom. The number of methoxy groups -OCH3 is 1. The van der Waals surface area contributed by atoms with E-state index in [-0.39, 0.29) is 5.91 Å². The molecule has 0 fully saturated rings. The number of benzene rings is 1. The third-order valence-corrected chi connectivity index (χ3v) is 3.60.